The first-order chi connectivity index (χ1) is 10.7. The van der Waals surface area contributed by atoms with Crippen LogP contribution < -0.4 is 5.32 Å². The van der Waals surface area contributed by atoms with Crippen molar-refractivity contribution in [3.8, 4) is 0 Å². The van der Waals surface area contributed by atoms with E-state index < -0.39 is 5.66 Å². The van der Waals surface area contributed by atoms with E-state index in [9.17, 15) is 9.59 Å². The Hall–Kier alpha value is -1.68. The SMILES string of the molecule is O=C1CCC(=O)N1C1(NCc2ccccc2)[C@@H]2CCCC[C@@H]21. The highest BCUT2D eigenvalue weighted by Crippen LogP contribution is 2.61. The highest BCUT2D eigenvalue weighted by molar-refractivity contribution is 6.03. The van der Waals surface area contributed by atoms with E-state index in [0.29, 0.717) is 31.2 Å². The van der Waals surface area contributed by atoms with E-state index in [-0.39, 0.29) is 11.8 Å². The van der Waals surface area contributed by atoms with Crippen LogP contribution in [0, 0.1) is 11.8 Å². The average Bonchev–Trinajstić information content (AvgIpc) is 3.08. The minimum atomic E-state index is -0.392. The van der Waals surface area contributed by atoms with Gasteiger partial charge in [0, 0.05) is 31.2 Å². The molecule has 3 fully saturated rings. The number of imide groups is 1. The predicted molar refractivity (Wildman–Crippen MR) is 82.5 cm³/mol. The normalized spacial score (nSPS) is 33.9. The molecular formula is C18H22N2O2. The molecule has 4 rings (SSSR count). The average molecular weight is 298 g/mol. The summed E-state index contributed by atoms with van der Waals surface area (Å²) in [5.41, 5.74) is 0.807. The first kappa shape index (κ1) is 13.9. The summed E-state index contributed by atoms with van der Waals surface area (Å²) in [6.45, 7) is 0.713. The van der Waals surface area contributed by atoms with Gasteiger partial charge < -0.3 is 0 Å². The highest BCUT2D eigenvalue weighted by atomic mass is 16.2. The number of nitrogens with zero attached hydrogens (tertiary/aromatic N) is 1. The van der Waals surface area contributed by atoms with Gasteiger partial charge in [-0.1, -0.05) is 43.2 Å². The van der Waals surface area contributed by atoms with Gasteiger partial charge in [-0.2, -0.15) is 0 Å². The first-order valence-electron chi connectivity index (χ1n) is 8.38. The molecule has 1 saturated heterocycles. The lowest BCUT2D eigenvalue weighted by Gasteiger charge is -2.30. The summed E-state index contributed by atoms with van der Waals surface area (Å²) in [6, 6.07) is 10.2. The molecule has 4 nitrogen and oxygen atoms in total. The van der Waals surface area contributed by atoms with Crippen molar-refractivity contribution in [2.45, 2.75) is 50.7 Å². The van der Waals surface area contributed by atoms with E-state index in [1.807, 2.05) is 18.2 Å². The number of amides is 2. The lowest BCUT2D eigenvalue weighted by atomic mass is 10.0. The van der Waals surface area contributed by atoms with E-state index >= 15 is 0 Å². The Labute approximate surface area is 130 Å². The largest absolute Gasteiger partial charge is 0.290 e. The molecule has 3 atom stereocenters. The van der Waals surface area contributed by atoms with Crippen LogP contribution in [-0.4, -0.2) is 22.4 Å². The maximum atomic E-state index is 12.3. The predicted octanol–water partition coefficient (Wildman–Crippen LogP) is 2.44. The summed E-state index contributed by atoms with van der Waals surface area (Å²) in [4.78, 5) is 26.2. The highest BCUT2D eigenvalue weighted by Gasteiger charge is 2.70. The van der Waals surface area contributed by atoms with Gasteiger partial charge >= 0.3 is 0 Å². The third-order valence-electron chi connectivity index (χ3n) is 5.63. The van der Waals surface area contributed by atoms with Crippen molar-refractivity contribution in [3.05, 3.63) is 35.9 Å². The van der Waals surface area contributed by atoms with Crippen LogP contribution in [0.25, 0.3) is 0 Å². The minimum absolute atomic E-state index is 0.0139. The molecule has 0 aromatic heterocycles. The zero-order valence-electron chi connectivity index (χ0n) is 12.8. The van der Waals surface area contributed by atoms with Gasteiger partial charge in [0.15, 0.2) is 0 Å². The molecule has 4 heteroatoms. The van der Waals surface area contributed by atoms with Gasteiger partial charge in [-0.25, -0.2) is 0 Å². The summed E-state index contributed by atoms with van der Waals surface area (Å²) in [6.07, 6.45) is 5.45. The summed E-state index contributed by atoms with van der Waals surface area (Å²) in [7, 11) is 0. The van der Waals surface area contributed by atoms with E-state index in [4.69, 9.17) is 0 Å². The van der Waals surface area contributed by atoms with Gasteiger partial charge in [-0.3, -0.25) is 19.8 Å². The zero-order chi connectivity index (χ0) is 15.2. The third kappa shape index (κ3) is 2.01. The smallest absolute Gasteiger partial charge is 0.231 e. The molecule has 1 unspecified atom stereocenters. The van der Waals surface area contributed by atoms with Crippen LogP contribution in [0.4, 0.5) is 0 Å². The Morgan fingerprint density at radius 2 is 1.59 bits per heavy atom. The van der Waals surface area contributed by atoms with E-state index in [2.05, 4.69) is 17.4 Å². The van der Waals surface area contributed by atoms with Crippen molar-refractivity contribution in [1.29, 1.82) is 0 Å². The van der Waals surface area contributed by atoms with Crippen LogP contribution in [0.3, 0.4) is 0 Å². The summed E-state index contributed by atoms with van der Waals surface area (Å²) < 4.78 is 0. The molecule has 1 aliphatic heterocycles. The monoisotopic (exact) mass is 298 g/mol. The number of nitrogens with one attached hydrogen (secondary N) is 1. The summed E-state index contributed by atoms with van der Waals surface area (Å²) in [5, 5.41) is 3.62. The van der Waals surface area contributed by atoms with Crippen LogP contribution in [0.1, 0.15) is 44.1 Å². The lowest BCUT2D eigenvalue weighted by molar-refractivity contribution is -0.144. The van der Waals surface area contributed by atoms with Gasteiger partial charge in [0.25, 0.3) is 0 Å². The van der Waals surface area contributed by atoms with Crippen LogP contribution in [-0.2, 0) is 16.1 Å². The number of benzene rings is 1. The fourth-order valence-electron chi connectivity index (χ4n) is 4.59. The Balaban J connectivity index is 1.60. The van der Waals surface area contributed by atoms with Gasteiger partial charge in [0.2, 0.25) is 11.8 Å². The molecule has 1 aromatic carbocycles. The standard InChI is InChI=1S/C18H22N2O2/c21-16-10-11-17(22)20(16)18(14-8-4-5-9-15(14)18)19-12-13-6-2-1-3-7-13/h1-3,6-7,14-15,19H,4-5,8-12H2/t14-,15+,18?. The maximum absolute atomic E-state index is 12.3. The van der Waals surface area contributed by atoms with E-state index in [1.165, 1.54) is 18.4 Å². The van der Waals surface area contributed by atoms with Gasteiger partial charge in [-0.15, -0.1) is 0 Å². The molecular weight excluding hydrogens is 276 g/mol. The van der Waals surface area contributed by atoms with Crippen molar-refractivity contribution < 1.29 is 9.59 Å². The molecule has 2 aliphatic carbocycles. The molecule has 1 N–H and O–H groups in total. The molecule has 116 valence electrons. The third-order valence-corrected chi connectivity index (χ3v) is 5.63. The van der Waals surface area contributed by atoms with E-state index in [1.54, 1.807) is 4.90 Å². The number of hydrogen-bond donors (Lipinski definition) is 1. The molecule has 2 saturated carbocycles. The van der Waals surface area contributed by atoms with Crippen molar-refractivity contribution in [2.24, 2.45) is 11.8 Å². The van der Waals surface area contributed by atoms with Crippen molar-refractivity contribution in [1.82, 2.24) is 10.2 Å². The van der Waals surface area contributed by atoms with Crippen molar-refractivity contribution in [3.63, 3.8) is 0 Å². The molecule has 1 aromatic rings. The Morgan fingerprint density at radius 1 is 1.00 bits per heavy atom. The van der Waals surface area contributed by atoms with Crippen LogP contribution in [0.15, 0.2) is 30.3 Å². The number of carbonyl (C=O) groups excluding carboxylic acids is 2. The molecule has 3 aliphatic rings. The van der Waals surface area contributed by atoms with Crippen LogP contribution >= 0.6 is 0 Å². The second-order valence-corrected chi connectivity index (χ2v) is 6.78. The quantitative estimate of drug-likeness (QED) is 0.869. The topological polar surface area (TPSA) is 49.4 Å². The van der Waals surface area contributed by atoms with Gasteiger partial charge in [0.05, 0.1) is 0 Å². The maximum Gasteiger partial charge on any atom is 0.231 e. The lowest BCUT2D eigenvalue weighted by Crippen LogP contribution is -2.53. The minimum Gasteiger partial charge on any atom is -0.290 e. The van der Waals surface area contributed by atoms with Crippen LogP contribution in [0.2, 0.25) is 0 Å². The van der Waals surface area contributed by atoms with Crippen LogP contribution in [0.5, 0.6) is 0 Å². The molecule has 1 heterocycles. The van der Waals surface area contributed by atoms with Gasteiger partial charge in [0.1, 0.15) is 5.66 Å². The fraction of sp³-hybridized carbons (Fsp3) is 0.556. The van der Waals surface area contributed by atoms with Crippen molar-refractivity contribution in [2.75, 3.05) is 0 Å². The Bertz CT molecular complexity index is 570. The number of carbonyl (C=O) groups is 2. The Kier molecular flexibility index (Phi) is 3.30. The molecule has 0 radical (unpaired) electrons. The molecule has 22 heavy (non-hydrogen) atoms. The second-order valence-electron chi connectivity index (χ2n) is 6.78. The summed E-state index contributed by atoms with van der Waals surface area (Å²) in [5.74, 6) is 0.937. The first-order valence-corrected chi connectivity index (χ1v) is 8.38. The van der Waals surface area contributed by atoms with Gasteiger partial charge in [-0.05, 0) is 18.4 Å². The second kappa shape index (κ2) is 5.20. The number of rotatable bonds is 4. The molecule has 0 bridgehead atoms. The summed E-state index contributed by atoms with van der Waals surface area (Å²) >= 11 is 0. The molecule has 2 amide bonds. The number of fused-ring (bicyclic) bond motifs is 1. The molecule has 0 spiro atoms. The zero-order valence-corrected chi connectivity index (χ0v) is 12.8. The van der Waals surface area contributed by atoms with E-state index in [0.717, 1.165) is 12.8 Å². The number of likely N-dealkylation sites (tertiary alicyclic amines) is 1. The Morgan fingerprint density at radius 3 is 2.18 bits per heavy atom. The fourth-order valence-corrected chi connectivity index (χ4v) is 4.59. The number of hydrogen-bond acceptors (Lipinski definition) is 3. The van der Waals surface area contributed by atoms with Crippen molar-refractivity contribution >= 4 is 11.8 Å².